The smallest absolute Gasteiger partial charge is 0.282 e. The van der Waals surface area contributed by atoms with Crippen molar-refractivity contribution < 1.29 is 4.92 Å². The lowest BCUT2D eigenvalue weighted by atomic mass is 10.1. The normalized spacial score (nSPS) is 16.1. The first-order valence-corrected chi connectivity index (χ1v) is 6.92. The number of hydrogen-bond donors (Lipinski definition) is 1. The van der Waals surface area contributed by atoms with Gasteiger partial charge < -0.3 is 5.32 Å². The Morgan fingerprint density at radius 2 is 2.12 bits per heavy atom. The highest BCUT2D eigenvalue weighted by Crippen LogP contribution is 2.27. The van der Waals surface area contributed by atoms with E-state index in [0.717, 1.165) is 18.2 Å². The highest BCUT2D eigenvalue weighted by atomic mass is 127. The largest absolute Gasteiger partial charge is 0.385 e. The van der Waals surface area contributed by atoms with E-state index in [-0.39, 0.29) is 10.6 Å². The molecule has 0 heterocycles. The molecule has 0 bridgehead atoms. The van der Waals surface area contributed by atoms with Gasteiger partial charge in [-0.3, -0.25) is 10.1 Å². The van der Waals surface area contributed by atoms with Gasteiger partial charge in [0.2, 0.25) is 0 Å². The molecule has 1 saturated carbocycles. The van der Waals surface area contributed by atoms with Crippen molar-refractivity contribution in [2.24, 2.45) is 5.92 Å². The molecule has 0 amide bonds. The molecule has 0 aromatic heterocycles. The van der Waals surface area contributed by atoms with Gasteiger partial charge in [0.1, 0.15) is 0 Å². The summed E-state index contributed by atoms with van der Waals surface area (Å²) in [6.45, 7) is 0.980. The summed E-state index contributed by atoms with van der Waals surface area (Å²) < 4.78 is 0.684. The Balaban J connectivity index is 1.97. The first-order valence-electron chi connectivity index (χ1n) is 5.84. The molecule has 0 aliphatic heterocycles. The maximum Gasteiger partial charge on any atom is 0.282 e. The second-order valence-corrected chi connectivity index (χ2v) is 5.62. The van der Waals surface area contributed by atoms with Crippen LogP contribution in [0, 0.1) is 19.6 Å². The van der Waals surface area contributed by atoms with Gasteiger partial charge in [0.05, 0.1) is 8.49 Å². The van der Waals surface area contributed by atoms with Crippen LogP contribution < -0.4 is 5.32 Å². The molecular formula is C12H15IN2O2. The third-order valence-electron chi connectivity index (χ3n) is 3.21. The van der Waals surface area contributed by atoms with Crippen LogP contribution in [0.15, 0.2) is 18.2 Å². The van der Waals surface area contributed by atoms with Gasteiger partial charge in [0.25, 0.3) is 5.69 Å². The lowest BCUT2D eigenvalue weighted by Gasteiger charge is -2.11. The van der Waals surface area contributed by atoms with Crippen molar-refractivity contribution in [1.29, 1.82) is 0 Å². The zero-order valence-corrected chi connectivity index (χ0v) is 11.6. The van der Waals surface area contributed by atoms with E-state index in [1.54, 1.807) is 12.1 Å². The zero-order chi connectivity index (χ0) is 12.3. The van der Waals surface area contributed by atoms with Crippen LogP contribution in [0.1, 0.15) is 25.7 Å². The predicted molar refractivity (Wildman–Crippen MR) is 76.3 cm³/mol. The molecule has 92 valence electrons. The van der Waals surface area contributed by atoms with Crippen LogP contribution in [-0.4, -0.2) is 11.5 Å². The molecule has 1 aromatic carbocycles. The highest BCUT2D eigenvalue weighted by Gasteiger charge is 2.15. The molecule has 0 atom stereocenters. The maximum atomic E-state index is 10.7. The van der Waals surface area contributed by atoms with Crippen LogP contribution in [0.5, 0.6) is 0 Å². The molecule has 1 N–H and O–H groups in total. The Hall–Kier alpha value is -0.850. The first kappa shape index (κ1) is 12.6. The molecule has 4 nitrogen and oxygen atoms in total. The number of nitrogens with zero attached hydrogens (tertiary/aromatic N) is 1. The predicted octanol–water partition coefficient (Wildman–Crippen LogP) is 3.80. The summed E-state index contributed by atoms with van der Waals surface area (Å²) in [4.78, 5) is 10.3. The van der Waals surface area contributed by atoms with E-state index >= 15 is 0 Å². The Bertz CT molecular complexity index is 417. The number of benzene rings is 1. The van der Waals surface area contributed by atoms with Gasteiger partial charge in [0, 0.05) is 18.3 Å². The molecule has 0 spiro atoms. The highest BCUT2D eigenvalue weighted by molar-refractivity contribution is 14.1. The molecule has 0 saturated heterocycles. The minimum Gasteiger partial charge on any atom is -0.385 e. The average molecular weight is 346 g/mol. The van der Waals surface area contributed by atoms with E-state index in [9.17, 15) is 10.1 Å². The van der Waals surface area contributed by atoms with Crippen molar-refractivity contribution >= 4 is 34.0 Å². The Labute approximate surface area is 114 Å². The monoisotopic (exact) mass is 346 g/mol. The average Bonchev–Trinajstić information content (AvgIpc) is 2.78. The summed E-state index contributed by atoms with van der Waals surface area (Å²) in [6.07, 6.45) is 5.28. The van der Waals surface area contributed by atoms with Crippen LogP contribution in [0.25, 0.3) is 0 Å². The first-order chi connectivity index (χ1) is 8.16. The minimum absolute atomic E-state index is 0.178. The number of nitro benzene ring substituents is 1. The topological polar surface area (TPSA) is 55.2 Å². The number of hydrogen-bond acceptors (Lipinski definition) is 3. The molecule has 0 unspecified atom stereocenters. The Kier molecular flexibility index (Phi) is 4.20. The number of nitrogens with one attached hydrogen (secondary N) is 1. The molecule has 17 heavy (non-hydrogen) atoms. The number of nitro groups is 1. The van der Waals surface area contributed by atoms with E-state index in [1.165, 1.54) is 25.7 Å². The molecule has 1 aliphatic rings. The van der Waals surface area contributed by atoms with Crippen molar-refractivity contribution in [3.63, 3.8) is 0 Å². The van der Waals surface area contributed by atoms with Crippen molar-refractivity contribution in [2.45, 2.75) is 25.7 Å². The SMILES string of the molecule is O=[N+]([O-])c1ccc(NCC2CCCC2)cc1I. The molecular weight excluding hydrogens is 331 g/mol. The van der Waals surface area contributed by atoms with Gasteiger partial charge >= 0.3 is 0 Å². The fourth-order valence-corrected chi connectivity index (χ4v) is 2.95. The second kappa shape index (κ2) is 5.66. The molecule has 0 radical (unpaired) electrons. The second-order valence-electron chi connectivity index (χ2n) is 4.45. The number of rotatable bonds is 4. The van der Waals surface area contributed by atoms with Crippen LogP contribution in [-0.2, 0) is 0 Å². The lowest BCUT2D eigenvalue weighted by Crippen LogP contribution is -2.11. The fourth-order valence-electron chi connectivity index (χ4n) is 2.24. The summed E-state index contributed by atoms with van der Waals surface area (Å²) in [6, 6.07) is 5.20. The van der Waals surface area contributed by atoms with E-state index in [2.05, 4.69) is 5.32 Å². The van der Waals surface area contributed by atoms with Crippen molar-refractivity contribution in [1.82, 2.24) is 0 Å². The third-order valence-corrected chi connectivity index (χ3v) is 4.08. The minimum atomic E-state index is -0.345. The standard InChI is InChI=1S/C12H15IN2O2/c13-11-7-10(5-6-12(11)15(16)17)14-8-9-3-1-2-4-9/h5-7,9,14H,1-4,8H2. The van der Waals surface area contributed by atoms with Gasteiger partial charge in [-0.1, -0.05) is 12.8 Å². The quantitative estimate of drug-likeness (QED) is 0.513. The van der Waals surface area contributed by atoms with Gasteiger partial charge in [-0.15, -0.1) is 0 Å². The third kappa shape index (κ3) is 3.31. The summed E-state index contributed by atoms with van der Waals surface area (Å²) in [5.41, 5.74) is 1.16. The van der Waals surface area contributed by atoms with E-state index in [0.29, 0.717) is 3.57 Å². The zero-order valence-electron chi connectivity index (χ0n) is 9.49. The van der Waals surface area contributed by atoms with E-state index in [1.807, 2.05) is 28.7 Å². The van der Waals surface area contributed by atoms with Crippen LogP contribution in [0.2, 0.25) is 0 Å². The lowest BCUT2D eigenvalue weighted by molar-refractivity contribution is -0.385. The molecule has 1 aliphatic carbocycles. The van der Waals surface area contributed by atoms with Gasteiger partial charge in [0.15, 0.2) is 0 Å². The van der Waals surface area contributed by atoms with Crippen LogP contribution in [0.3, 0.4) is 0 Å². The molecule has 1 fully saturated rings. The number of anilines is 1. The van der Waals surface area contributed by atoms with Gasteiger partial charge in [-0.05, 0) is 53.5 Å². The van der Waals surface area contributed by atoms with Crippen LogP contribution >= 0.6 is 22.6 Å². The summed E-state index contributed by atoms with van der Waals surface area (Å²) in [5, 5.41) is 14.0. The van der Waals surface area contributed by atoms with E-state index < -0.39 is 0 Å². The Morgan fingerprint density at radius 1 is 1.41 bits per heavy atom. The summed E-state index contributed by atoms with van der Waals surface area (Å²) >= 11 is 2.01. The molecule has 5 heteroatoms. The maximum absolute atomic E-state index is 10.7. The van der Waals surface area contributed by atoms with Gasteiger partial charge in [-0.25, -0.2) is 0 Å². The summed E-state index contributed by atoms with van der Waals surface area (Å²) in [7, 11) is 0. The van der Waals surface area contributed by atoms with Crippen molar-refractivity contribution in [3.05, 3.63) is 31.9 Å². The number of halogens is 1. The van der Waals surface area contributed by atoms with Crippen LogP contribution in [0.4, 0.5) is 11.4 Å². The molecule has 1 aromatic rings. The fraction of sp³-hybridized carbons (Fsp3) is 0.500. The molecule has 2 rings (SSSR count). The van der Waals surface area contributed by atoms with E-state index in [4.69, 9.17) is 0 Å². The summed E-state index contributed by atoms with van der Waals surface area (Å²) in [5.74, 6) is 0.767. The van der Waals surface area contributed by atoms with Gasteiger partial charge in [-0.2, -0.15) is 0 Å². The van der Waals surface area contributed by atoms with Crippen molar-refractivity contribution in [3.8, 4) is 0 Å². The Morgan fingerprint density at radius 3 is 2.71 bits per heavy atom. The van der Waals surface area contributed by atoms with Crippen molar-refractivity contribution in [2.75, 3.05) is 11.9 Å².